The van der Waals surface area contributed by atoms with Crippen molar-refractivity contribution in [2.75, 3.05) is 0 Å². The molecule has 0 aliphatic rings. The van der Waals surface area contributed by atoms with Crippen molar-refractivity contribution < 1.29 is 19.1 Å². The van der Waals surface area contributed by atoms with Crippen LogP contribution < -0.4 is 0 Å². The molecular formula is C26H30O4. The zero-order valence-electron chi connectivity index (χ0n) is 18.1. The van der Waals surface area contributed by atoms with Crippen LogP contribution in [-0.4, -0.2) is 11.9 Å². The largest absolute Gasteiger partial charge is 0.427 e. The Morgan fingerprint density at radius 1 is 0.667 bits per heavy atom. The van der Waals surface area contributed by atoms with E-state index < -0.39 is 0 Å². The number of ether oxygens (including phenoxy) is 2. The summed E-state index contributed by atoms with van der Waals surface area (Å²) in [5.74, 6) is -0.0110. The highest BCUT2D eigenvalue weighted by molar-refractivity contribution is 5.68. The van der Waals surface area contributed by atoms with E-state index in [9.17, 15) is 9.59 Å². The molecule has 0 N–H and O–H groups in total. The number of hydrogen-bond acceptors (Lipinski definition) is 4. The second-order valence-electron chi connectivity index (χ2n) is 5.61. The summed E-state index contributed by atoms with van der Waals surface area (Å²) in [4.78, 5) is 21.1. The molecular weight excluding hydrogens is 376 g/mol. The first-order valence-corrected chi connectivity index (χ1v) is 9.57. The second-order valence-corrected chi connectivity index (χ2v) is 5.61. The van der Waals surface area contributed by atoms with Gasteiger partial charge in [0.05, 0.1) is 0 Å². The molecule has 0 saturated carbocycles. The van der Waals surface area contributed by atoms with Crippen molar-refractivity contribution in [2.24, 2.45) is 0 Å². The lowest BCUT2D eigenvalue weighted by Crippen LogP contribution is -1.94. The number of carbonyl (C=O) groups excluding carboxylic acids is 2. The first kappa shape index (κ1) is 26.3. The highest BCUT2D eigenvalue weighted by Gasteiger charge is 1.94. The standard InChI is InChI=1S/2C12H12O2.C2H6/c2*1-10(14-11(2)13)8-9-12-6-4-3-5-7-12;1-2/h2*3-9H,1H2,2H3;1-2H3/b2*9-8+;. The molecule has 2 aromatic carbocycles. The molecule has 0 aromatic heterocycles. The summed E-state index contributed by atoms with van der Waals surface area (Å²) < 4.78 is 9.50. The fraction of sp³-hybridized carbons (Fsp3) is 0.154. The summed E-state index contributed by atoms with van der Waals surface area (Å²) in [7, 11) is 0. The lowest BCUT2D eigenvalue weighted by Gasteiger charge is -1.98. The van der Waals surface area contributed by atoms with Crippen molar-refractivity contribution in [3.05, 3.63) is 109 Å². The van der Waals surface area contributed by atoms with Crippen LogP contribution in [0.2, 0.25) is 0 Å². The van der Waals surface area contributed by atoms with Crippen LogP contribution in [0.15, 0.2) is 97.5 Å². The van der Waals surface area contributed by atoms with Crippen LogP contribution in [0.25, 0.3) is 12.2 Å². The summed E-state index contributed by atoms with van der Waals surface area (Å²) in [6.45, 7) is 13.9. The Kier molecular flexibility index (Phi) is 14.3. The van der Waals surface area contributed by atoms with E-state index in [4.69, 9.17) is 9.47 Å². The van der Waals surface area contributed by atoms with Gasteiger partial charge in [0.2, 0.25) is 0 Å². The predicted octanol–water partition coefficient (Wildman–Crippen LogP) is 6.58. The van der Waals surface area contributed by atoms with Crippen LogP contribution in [-0.2, 0) is 19.1 Å². The van der Waals surface area contributed by atoms with Crippen LogP contribution in [0.4, 0.5) is 0 Å². The first-order valence-electron chi connectivity index (χ1n) is 9.57. The van der Waals surface area contributed by atoms with Crippen molar-refractivity contribution in [1.82, 2.24) is 0 Å². The highest BCUT2D eigenvalue weighted by Crippen LogP contribution is 2.05. The molecule has 0 unspecified atom stereocenters. The van der Waals surface area contributed by atoms with Crippen molar-refractivity contribution in [1.29, 1.82) is 0 Å². The fourth-order valence-corrected chi connectivity index (χ4v) is 1.94. The van der Waals surface area contributed by atoms with E-state index in [1.807, 2.05) is 86.7 Å². The quantitative estimate of drug-likeness (QED) is 0.309. The summed E-state index contributed by atoms with van der Waals surface area (Å²) >= 11 is 0. The maximum absolute atomic E-state index is 10.5. The minimum Gasteiger partial charge on any atom is -0.427 e. The second kappa shape index (κ2) is 16.3. The Morgan fingerprint density at radius 3 is 1.23 bits per heavy atom. The van der Waals surface area contributed by atoms with Gasteiger partial charge in [-0.15, -0.1) is 0 Å². The van der Waals surface area contributed by atoms with E-state index in [0.717, 1.165) is 11.1 Å². The minimum absolute atomic E-state index is 0.348. The number of rotatable bonds is 6. The molecule has 0 aliphatic carbocycles. The van der Waals surface area contributed by atoms with Crippen molar-refractivity contribution in [3.8, 4) is 0 Å². The monoisotopic (exact) mass is 406 g/mol. The van der Waals surface area contributed by atoms with Crippen molar-refractivity contribution in [3.63, 3.8) is 0 Å². The molecule has 0 aliphatic heterocycles. The molecule has 4 heteroatoms. The third-order valence-corrected chi connectivity index (χ3v) is 3.07. The third-order valence-electron chi connectivity index (χ3n) is 3.07. The van der Waals surface area contributed by atoms with E-state index in [0.29, 0.717) is 11.5 Å². The minimum atomic E-state index is -0.354. The van der Waals surface area contributed by atoms with Gasteiger partial charge in [0, 0.05) is 13.8 Å². The number of hydrogen-bond donors (Lipinski definition) is 0. The molecule has 2 rings (SSSR count). The molecule has 0 heterocycles. The van der Waals surface area contributed by atoms with Crippen LogP contribution in [0, 0.1) is 0 Å². The topological polar surface area (TPSA) is 52.6 Å². The highest BCUT2D eigenvalue weighted by atomic mass is 16.5. The van der Waals surface area contributed by atoms with Gasteiger partial charge in [-0.25, -0.2) is 0 Å². The maximum atomic E-state index is 10.5. The summed E-state index contributed by atoms with van der Waals surface area (Å²) in [6.07, 6.45) is 7.00. The molecule has 158 valence electrons. The molecule has 30 heavy (non-hydrogen) atoms. The van der Waals surface area contributed by atoms with Gasteiger partial charge in [0.15, 0.2) is 0 Å². The average molecular weight is 407 g/mol. The van der Waals surface area contributed by atoms with Gasteiger partial charge in [-0.1, -0.05) is 99.8 Å². The third kappa shape index (κ3) is 14.4. The average Bonchev–Trinajstić information content (AvgIpc) is 2.73. The normalized spacial score (nSPS) is 9.60. The summed E-state index contributed by atoms with van der Waals surface area (Å²) in [5.41, 5.74) is 2.08. The lowest BCUT2D eigenvalue weighted by atomic mass is 10.2. The summed E-state index contributed by atoms with van der Waals surface area (Å²) in [5, 5.41) is 0. The summed E-state index contributed by atoms with van der Waals surface area (Å²) in [6, 6.07) is 19.5. The smallest absolute Gasteiger partial charge is 0.308 e. The van der Waals surface area contributed by atoms with E-state index in [1.54, 1.807) is 12.2 Å². The molecule has 0 radical (unpaired) electrons. The number of esters is 2. The zero-order chi connectivity index (χ0) is 22.8. The Morgan fingerprint density at radius 2 is 0.967 bits per heavy atom. The van der Waals surface area contributed by atoms with Gasteiger partial charge >= 0.3 is 11.9 Å². The van der Waals surface area contributed by atoms with Crippen LogP contribution in [0.3, 0.4) is 0 Å². The maximum Gasteiger partial charge on any atom is 0.308 e. The predicted molar refractivity (Wildman–Crippen MR) is 124 cm³/mol. The van der Waals surface area contributed by atoms with Crippen molar-refractivity contribution >= 4 is 24.1 Å². The van der Waals surface area contributed by atoms with E-state index in [-0.39, 0.29) is 11.9 Å². The van der Waals surface area contributed by atoms with Crippen LogP contribution in [0.5, 0.6) is 0 Å². The molecule has 0 bridgehead atoms. The molecule has 0 saturated heterocycles. The molecule has 4 nitrogen and oxygen atoms in total. The van der Waals surface area contributed by atoms with Crippen LogP contribution in [0.1, 0.15) is 38.8 Å². The molecule has 0 atom stereocenters. The lowest BCUT2D eigenvalue weighted by molar-refractivity contribution is -0.137. The molecule has 2 aromatic rings. The van der Waals surface area contributed by atoms with E-state index in [1.165, 1.54) is 13.8 Å². The molecule has 0 fully saturated rings. The van der Waals surface area contributed by atoms with Gasteiger partial charge in [-0.3, -0.25) is 9.59 Å². The van der Waals surface area contributed by atoms with Gasteiger partial charge in [0.1, 0.15) is 11.5 Å². The molecule has 0 spiro atoms. The van der Waals surface area contributed by atoms with Gasteiger partial charge < -0.3 is 9.47 Å². The number of carbonyl (C=O) groups is 2. The van der Waals surface area contributed by atoms with Crippen LogP contribution >= 0.6 is 0 Å². The zero-order valence-corrected chi connectivity index (χ0v) is 18.1. The van der Waals surface area contributed by atoms with Gasteiger partial charge in [0.25, 0.3) is 0 Å². The van der Waals surface area contributed by atoms with Gasteiger partial charge in [-0.2, -0.15) is 0 Å². The van der Waals surface area contributed by atoms with Crippen molar-refractivity contribution in [2.45, 2.75) is 27.7 Å². The Balaban J connectivity index is 0.000000518. The Hall–Kier alpha value is -3.66. The number of allylic oxidation sites excluding steroid dienone is 2. The van der Waals surface area contributed by atoms with E-state index >= 15 is 0 Å². The number of benzene rings is 2. The van der Waals surface area contributed by atoms with Gasteiger partial charge in [-0.05, 0) is 23.3 Å². The SMILES string of the molecule is C=C(/C=C/c1ccccc1)OC(C)=O.C=C(/C=C/c1ccccc1)OC(C)=O.CC. The Bertz CT molecular complexity index is 774. The Labute approximate surface area is 179 Å². The fourth-order valence-electron chi connectivity index (χ4n) is 1.94. The van der Waals surface area contributed by atoms with E-state index in [2.05, 4.69) is 13.2 Å². The molecule has 0 amide bonds. The first-order chi connectivity index (χ1) is 14.4.